The van der Waals surface area contributed by atoms with Gasteiger partial charge < -0.3 is 15.5 Å². The fourth-order valence-corrected chi connectivity index (χ4v) is 2.67. The van der Waals surface area contributed by atoms with Crippen LogP contribution >= 0.6 is 12.4 Å². The molecule has 1 amide bonds. The number of rotatable bonds is 4. The van der Waals surface area contributed by atoms with E-state index in [-0.39, 0.29) is 24.2 Å². The van der Waals surface area contributed by atoms with Gasteiger partial charge in [-0.25, -0.2) is 0 Å². The lowest BCUT2D eigenvalue weighted by Gasteiger charge is -2.30. The summed E-state index contributed by atoms with van der Waals surface area (Å²) >= 11 is 0. The first-order valence-corrected chi connectivity index (χ1v) is 7.57. The molecule has 0 bridgehead atoms. The predicted molar refractivity (Wildman–Crippen MR) is 89.2 cm³/mol. The van der Waals surface area contributed by atoms with Gasteiger partial charge >= 0.3 is 0 Å². The molecular weight excluding hydrogens is 286 g/mol. The topological polar surface area (TPSA) is 44.4 Å². The minimum absolute atomic E-state index is 0. The average Bonchev–Trinajstić information content (AvgIpc) is 3.26. The molecule has 1 aromatic rings. The Labute approximate surface area is 132 Å². The molecule has 2 aliphatic rings. The van der Waals surface area contributed by atoms with E-state index in [0.717, 1.165) is 37.3 Å². The first kappa shape index (κ1) is 16.1. The summed E-state index contributed by atoms with van der Waals surface area (Å²) in [6.45, 7) is 2.30. The van der Waals surface area contributed by atoms with E-state index in [1.54, 1.807) is 0 Å². The molecule has 2 N–H and O–H groups in total. The molecule has 1 aliphatic carbocycles. The molecule has 116 valence electrons. The molecule has 1 saturated heterocycles. The lowest BCUT2D eigenvalue weighted by molar-refractivity contribution is -0.117. The molecule has 1 saturated carbocycles. The second-order valence-electron chi connectivity index (χ2n) is 6.07. The summed E-state index contributed by atoms with van der Waals surface area (Å²) in [5.74, 6) is 0.418. The number of amides is 1. The second kappa shape index (κ2) is 7.14. The molecule has 5 heteroatoms. The van der Waals surface area contributed by atoms with Crippen LogP contribution in [-0.4, -0.2) is 37.0 Å². The summed E-state index contributed by atoms with van der Waals surface area (Å²) in [7, 11) is 2.17. The third kappa shape index (κ3) is 4.61. The van der Waals surface area contributed by atoms with Gasteiger partial charge in [0.25, 0.3) is 0 Å². The number of hydrogen-bond acceptors (Lipinski definition) is 3. The van der Waals surface area contributed by atoms with Crippen molar-refractivity contribution < 1.29 is 4.79 Å². The van der Waals surface area contributed by atoms with Crippen LogP contribution < -0.4 is 10.6 Å². The smallest absolute Gasteiger partial charge is 0.227 e. The van der Waals surface area contributed by atoms with Gasteiger partial charge in [-0.05, 0) is 64.0 Å². The maximum atomic E-state index is 11.8. The molecule has 0 aromatic heterocycles. The molecule has 1 heterocycles. The van der Waals surface area contributed by atoms with Crippen molar-refractivity contribution in [3.05, 3.63) is 24.3 Å². The number of piperidine rings is 1. The van der Waals surface area contributed by atoms with E-state index in [2.05, 4.69) is 28.6 Å². The maximum absolute atomic E-state index is 11.8. The zero-order valence-corrected chi connectivity index (χ0v) is 13.3. The van der Waals surface area contributed by atoms with Crippen molar-refractivity contribution >= 4 is 29.7 Å². The van der Waals surface area contributed by atoms with Crippen LogP contribution in [0.2, 0.25) is 0 Å². The Bertz CT molecular complexity index is 482. The van der Waals surface area contributed by atoms with Gasteiger partial charge in [0.1, 0.15) is 0 Å². The molecule has 4 nitrogen and oxygen atoms in total. The number of likely N-dealkylation sites (tertiary alicyclic amines) is 1. The molecule has 1 aromatic carbocycles. The molecule has 2 fully saturated rings. The summed E-state index contributed by atoms with van der Waals surface area (Å²) in [5.41, 5.74) is 2.01. The molecule has 0 spiro atoms. The number of carbonyl (C=O) groups excluding carboxylic acids is 1. The predicted octanol–water partition coefficient (Wildman–Crippen LogP) is 2.96. The first-order valence-electron chi connectivity index (χ1n) is 7.57. The number of carbonyl (C=O) groups is 1. The van der Waals surface area contributed by atoms with Gasteiger partial charge in [0.2, 0.25) is 5.91 Å². The Morgan fingerprint density at radius 2 is 1.81 bits per heavy atom. The molecule has 3 rings (SSSR count). The van der Waals surface area contributed by atoms with Crippen molar-refractivity contribution in [3.8, 4) is 0 Å². The van der Waals surface area contributed by atoms with Crippen molar-refractivity contribution in [3.63, 3.8) is 0 Å². The fourth-order valence-electron chi connectivity index (χ4n) is 2.67. The second-order valence-corrected chi connectivity index (χ2v) is 6.07. The third-order valence-electron chi connectivity index (χ3n) is 4.17. The molecule has 21 heavy (non-hydrogen) atoms. The van der Waals surface area contributed by atoms with Crippen molar-refractivity contribution in [2.24, 2.45) is 5.92 Å². The van der Waals surface area contributed by atoms with Crippen LogP contribution in [0.25, 0.3) is 0 Å². The van der Waals surface area contributed by atoms with Crippen molar-refractivity contribution in [1.29, 1.82) is 0 Å². The van der Waals surface area contributed by atoms with Gasteiger partial charge in [-0.3, -0.25) is 4.79 Å². The number of anilines is 2. The minimum Gasteiger partial charge on any atom is -0.382 e. The largest absolute Gasteiger partial charge is 0.382 e. The summed E-state index contributed by atoms with van der Waals surface area (Å²) in [4.78, 5) is 14.1. The number of hydrogen-bond donors (Lipinski definition) is 2. The highest BCUT2D eigenvalue weighted by Gasteiger charge is 2.29. The molecule has 0 radical (unpaired) electrons. The number of benzene rings is 1. The lowest BCUT2D eigenvalue weighted by atomic mass is 10.1. The summed E-state index contributed by atoms with van der Waals surface area (Å²) in [6.07, 6.45) is 4.43. The Morgan fingerprint density at radius 3 is 2.48 bits per heavy atom. The minimum atomic E-state index is 0. The van der Waals surface area contributed by atoms with E-state index in [1.165, 1.54) is 12.8 Å². The molecular formula is C16H24ClN3O. The highest BCUT2D eigenvalue weighted by atomic mass is 35.5. The third-order valence-corrected chi connectivity index (χ3v) is 4.17. The quantitative estimate of drug-likeness (QED) is 0.899. The zero-order valence-electron chi connectivity index (χ0n) is 12.5. The summed E-state index contributed by atoms with van der Waals surface area (Å²) < 4.78 is 0. The van der Waals surface area contributed by atoms with Gasteiger partial charge in [-0.1, -0.05) is 6.07 Å². The van der Waals surface area contributed by atoms with E-state index >= 15 is 0 Å². The zero-order chi connectivity index (χ0) is 13.9. The highest BCUT2D eigenvalue weighted by molar-refractivity contribution is 5.94. The van der Waals surface area contributed by atoms with Crippen LogP contribution in [0.15, 0.2) is 24.3 Å². The van der Waals surface area contributed by atoms with Crippen LogP contribution in [0.4, 0.5) is 11.4 Å². The van der Waals surface area contributed by atoms with Crippen LogP contribution in [-0.2, 0) is 4.79 Å². The van der Waals surface area contributed by atoms with Crippen molar-refractivity contribution in [2.75, 3.05) is 30.8 Å². The highest BCUT2D eigenvalue weighted by Crippen LogP contribution is 2.30. The number of halogens is 1. The molecule has 0 atom stereocenters. The van der Waals surface area contributed by atoms with Gasteiger partial charge in [-0.2, -0.15) is 0 Å². The van der Waals surface area contributed by atoms with Gasteiger partial charge in [0, 0.05) is 23.3 Å². The van der Waals surface area contributed by atoms with Gasteiger partial charge in [0.15, 0.2) is 0 Å². The van der Waals surface area contributed by atoms with Crippen molar-refractivity contribution in [1.82, 2.24) is 4.90 Å². The Kier molecular flexibility index (Phi) is 5.48. The van der Waals surface area contributed by atoms with E-state index in [4.69, 9.17) is 0 Å². The SMILES string of the molecule is CN1CCC(Nc2cccc(NC(=O)C3CC3)c2)CC1.Cl. The first-order chi connectivity index (χ1) is 9.70. The normalized spacial score (nSPS) is 19.7. The number of nitrogens with zero attached hydrogens (tertiary/aromatic N) is 1. The average molecular weight is 310 g/mol. The maximum Gasteiger partial charge on any atom is 0.227 e. The Hall–Kier alpha value is -1.26. The standard InChI is InChI=1S/C16H23N3O.ClH/c1-19-9-7-13(8-10-19)17-14-3-2-4-15(11-14)18-16(20)12-5-6-12;/h2-4,11-13,17H,5-10H2,1H3,(H,18,20);1H. The van der Waals surface area contributed by atoms with Crippen LogP contribution in [0, 0.1) is 5.92 Å². The number of nitrogens with one attached hydrogen (secondary N) is 2. The molecule has 0 unspecified atom stereocenters. The molecule has 1 aliphatic heterocycles. The van der Waals surface area contributed by atoms with E-state index in [1.807, 2.05) is 18.2 Å². The van der Waals surface area contributed by atoms with Crippen molar-refractivity contribution in [2.45, 2.75) is 31.7 Å². The van der Waals surface area contributed by atoms with Crippen LogP contribution in [0.3, 0.4) is 0 Å². The van der Waals surface area contributed by atoms with E-state index in [0.29, 0.717) is 6.04 Å². The van der Waals surface area contributed by atoms with E-state index < -0.39 is 0 Å². The van der Waals surface area contributed by atoms with Gasteiger partial charge in [-0.15, -0.1) is 12.4 Å². The Morgan fingerprint density at radius 1 is 1.14 bits per heavy atom. The fraction of sp³-hybridized carbons (Fsp3) is 0.562. The summed E-state index contributed by atoms with van der Waals surface area (Å²) in [6, 6.07) is 8.62. The summed E-state index contributed by atoms with van der Waals surface area (Å²) in [5, 5.41) is 6.58. The van der Waals surface area contributed by atoms with Gasteiger partial charge in [0.05, 0.1) is 0 Å². The van der Waals surface area contributed by atoms with E-state index in [9.17, 15) is 4.79 Å². The Balaban J connectivity index is 0.00000161. The van der Waals surface area contributed by atoms with Crippen LogP contribution in [0.5, 0.6) is 0 Å². The van der Waals surface area contributed by atoms with Crippen LogP contribution in [0.1, 0.15) is 25.7 Å². The lowest BCUT2D eigenvalue weighted by Crippen LogP contribution is -2.36. The monoisotopic (exact) mass is 309 g/mol.